The molecule has 2 rings (SSSR count). The Morgan fingerprint density at radius 2 is 2.19 bits per heavy atom. The van der Waals surface area contributed by atoms with Gasteiger partial charge in [0, 0.05) is 18.3 Å². The highest BCUT2D eigenvalue weighted by Gasteiger charge is 2.33. The minimum absolute atomic E-state index is 0.0279. The fourth-order valence-corrected chi connectivity index (χ4v) is 3.08. The molecular weight excluding hydrogens is 266 g/mol. The molecule has 1 heterocycles. The number of hydrogen-bond donors (Lipinski definition) is 2. The summed E-state index contributed by atoms with van der Waals surface area (Å²) in [5.41, 5.74) is 7.00. The van der Waals surface area contributed by atoms with Gasteiger partial charge in [-0.15, -0.1) is 0 Å². The van der Waals surface area contributed by atoms with Crippen LogP contribution in [0.5, 0.6) is 5.75 Å². The van der Waals surface area contributed by atoms with Crippen LogP contribution in [0.25, 0.3) is 0 Å². The molecule has 0 saturated carbocycles. The van der Waals surface area contributed by atoms with Gasteiger partial charge in [0.05, 0.1) is 18.8 Å². The monoisotopic (exact) mass is 291 g/mol. The molecule has 0 spiro atoms. The second-order valence-electron chi connectivity index (χ2n) is 6.01. The molecule has 5 nitrogen and oxygen atoms in total. The number of nitrogens with zero attached hydrogens (tertiary/aromatic N) is 1. The van der Waals surface area contributed by atoms with E-state index in [0.29, 0.717) is 29.1 Å². The Morgan fingerprint density at radius 1 is 1.48 bits per heavy atom. The molecule has 1 aliphatic rings. The smallest absolute Gasteiger partial charge is 0.241 e. The van der Waals surface area contributed by atoms with Gasteiger partial charge in [-0.1, -0.05) is 6.92 Å². The SMILES string of the molecule is COc1ccc(N)cc1NC(=O)C(C)N1CC(C)CC1C. The largest absolute Gasteiger partial charge is 0.495 e. The lowest BCUT2D eigenvalue weighted by molar-refractivity contribution is -0.121. The fraction of sp³-hybridized carbons (Fsp3) is 0.562. The first kappa shape index (κ1) is 15.6. The van der Waals surface area contributed by atoms with Crippen LogP contribution < -0.4 is 15.8 Å². The van der Waals surface area contributed by atoms with Gasteiger partial charge in [0.15, 0.2) is 0 Å². The molecule has 1 amide bonds. The summed E-state index contributed by atoms with van der Waals surface area (Å²) in [6.07, 6.45) is 1.14. The third kappa shape index (κ3) is 3.47. The molecule has 3 atom stereocenters. The second kappa shape index (κ2) is 6.35. The number of nitrogen functional groups attached to an aromatic ring is 1. The van der Waals surface area contributed by atoms with E-state index in [2.05, 4.69) is 24.1 Å². The summed E-state index contributed by atoms with van der Waals surface area (Å²) in [6.45, 7) is 7.31. The summed E-state index contributed by atoms with van der Waals surface area (Å²) in [6, 6.07) is 5.50. The number of methoxy groups -OCH3 is 1. The molecule has 5 heteroatoms. The van der Waals surface area contributed by atoms with E-state index in [9.17, 15) is 4.79 Å². The van der Waals surface area contributed by atoms with Crippen molar-refractivity contribution in [1.29, 1.82) is 0 Å². The van der Waals surface area contributed by atoms with E-state index in [-0.39, 0.29) is 11.9 Å². The number of ether oxygens (including phenoxy) is 1. The molecule has 0 aromatic heterocycles. The predicted octanol–water partition coefficient (Wildman–Crippen LogP) is 2.33. The minimum Gasteiger partial charge on any atom is -0.495 e. The summed E-state index contributed by atoms with van der Waals surface area (Å²) in [5, 5.41) is 2.93. The first-order valence-electron chi connectivity index (χ1n) is 7.42. The Labute approximate surface area is 126 Å². The van der Waals surface area contributed by atoms with Crippen molar-refractivity contribution in [3.05, 3.63) is 18.2 Å². The van der Waals surface area contributed by atoms with Crippen LogP contribution in [0, 0.1) is 5.92 Å². The maximum atomic E-state index is 12.5. The van der Waals surface area contributed by atoms with Gasteiger partial charge in [0.2, 0.25) is 5.91 Å². The van der Waals surface area contributed by atoms with Crippen LogP contribution in [-0.4, -0.2) is 36.5 Å². The summed E-state index contributed by atoms with van der Waals surface area (Å²) in [4.78, 5) is 14.7. The van der Waals surface area contributed by atoms with Crippen molar-refractivity contribution in [3.63, 3.8) is 0 Å². The first-order chi connectivity index (χ1) is 9.92. The van der Waals surface area contributed by atoms with Crippen LogP contribution >= 0.6 is 0 Å². The van der Waals surface area contributed by atoms with Gasteiger partial charge in [-0.3, -0.25) is 9.69 Å². The molecule has 0 aliphatic carbocycles. The van der Waals surface area contributed by atoms with E-state index in [1.165, 1.54) is 0 Å². The predicted molar refractivity (Wildman–Crippen MR) is 85.4 cm³/mol. The molecule has 0 radical (unpaired) electrons. The molecule has 1 fully saturated rings. The third-order valence-corrected chi connectivity index (χ3v) is 4.19. The zero-order chi connectivity index (χ0) is 15.6. The van der Waals surface area contributed by atoms with E-state index >= 15 is 0 Å². The van der Waals surface area contributed by atoms with Gasteiger partial charge in [-0.05, 0) is 44.4 Å². The molecule has 1 aliphatic heterocycles. The molecule has 1 aromatic carbocycles. The fourth-order valence-electron chi connectivity index (χ4n) is 3.08. The van der Waals surface area contributed by atoms with Crippen molar-refractivity contribution in [3.8, 4) is 5.75 Å². The van der Waals surface area contributed by atoms with Gasteiger partial charge in [0.1, 0.15) is 5.75 Å². The Bertz CT molecular complexity index is 518. The molecule has 0 bridgehead atoms. The number of carbonyl (C=O) groups excluding carboxylic acids is 1. The van der Waals surface area contributed by atoms with Crippen LogP contribution in [0.15, 0.2) is 18.2 Å². The highest BCUT2D eigenvalue weighted by Crippen LogP contribution is 2.28. The standard InChI is InChI=1S/C16H25N3O2/c1-10-7-11(2)19(9-10)12(3)16(20)18-14-8-13(17)5-6-15(14)21-4/h5-6,8,10-12H,7,9,17H2,1-4H3,(H,18,20). The van der Waals surface area contributed by atoms with E-state index in [1.54, 1.807) is 25.3 Å². The van der Waals surface area contributed by atoms with Crippen molar-refractivity contribution in [1.82, 2.24) is 4.90 Å². The second-order valence-corrected chi connectivity index (χ2v) is 6.01. The lowest BCUT2D eigenvalue weighted by atomic mass is 10.1. The van der Waals surface area contributed by atoms with Crippen molar-refractivity contribution >= 4 is 17.3 Å². The molecular formula is C16H25N3O2. The van der Waals surface area contributed by atoms with Crippen molar-refractivity contribution in [2.24, 2.45) is 5.92 Å². The zero-order valence-electron chi connectivity index (χ0n) is 13.2. The Hall–Kier alpha value is -1.75. The molecule has 3 unspecified atom stereocenters. The first-order valence-corrected chi connectivity index (χ1v) is 7.42. The number of nitrogens with one attached hydrogen (secondary N) is 1. The number of hydrogen-bond acceptors (Lipinski definition) is 4. The van der Waals surface area contributed by atoms with Crippen molar-refractivity contribution < 1.29 is 9.53 Å². The Balaban J connectivity index is 2.09. The average molecular weight is 291 g/mol. The minimum atomic E-state index is -0.170. The van der Waals surface area contributed by atoms with E-state index < -0.39 is 0 Å². The molecule has 21 heavy (non-hydrogen) atoms. The number of rotatable bonds is 4. The van der Waals surface area contributed by atoms with Gasteiger partial charge >= 0.3 is 0 Å². The lowest BCUT2D eigenvalue weighted by Gasteiger charge is -2.27. The number of carbonyl (C=O) groups is 1. The van der Waals surface area contributed by atoms with Gasteiger partial charge in [0.25, 0.3) is 0 Å². The number of nitrogens with two attached hydrogens (primary N) is 1. The van der Waals surface area contributed by atoms with Gasteiger partial charge in [-0.25, -0.2) is 0 Å². The number of amides is 1. The van der Waals surface area contributed by atoms with Crippen LogP contribution in [0.1, 0.15) is 27.2 Å². The summed E-state index contributed by atoms with van der Waals surface area (Å²) >= 11 is 0. The Kier molecular flexibility index (Phi) is 4.73. The normalized spacial score (nSPS) is 23.8. The number of anilines is 2. The van der Waals surface area contributed by atoms with Crippen LogP contribution in [0.4, 0.5) is 11.4 Å². The highest BCUT2D eigenvalue weighted by atomic mass is 16.5. The summed E-state index contributed by atoms with van der Waals surface area (Å²) in [7, 11) is 1.58. The molecule has 3 N–H and O–H groups in total. The Morgan fingerprint density at radius 3 is 2.76 bits per heavy atom. The summed E-state index contributed by atoms with van der Waals surface area (Å²) in [5.74, 6) is 1.23. The average Bonchev–Trinajstić information content (AvgIpc) is 2.77. The van der Waals surface area contributed by atoms with Crippen molar-refractivity contribution in [2.75, 3.05) is 24.7 Å². The number of benzene rings is 1. The number of likely N-dealkylation sites (tertiary alicyclic amines) is 1. The molecule has 1 aromatic rings. The third-order valence-electron chi connectivity index (χ3n) is 4.19. The lowest BCUT2D eigenvalue weighted by Crippen LogP contribution is -2.43. The van der Waals surface area contributed by atoms with Gasteiger partial charge in [-0.2, -0.15) is 0 Å². The van der Waals surface area contributed by atoms with Crippen LogP contribution in [0.2, 0.25) is 0 Å². The van der Waals surface area contributed by atoms with Crippen LogP contribution in [-0.2, 0) is 4.79 Å². The van der Waals surface area contributed by atoms with E-state index in [0.717, 1.165) is 13.0 Å². The summed E-state index contributed by atoms with van der Waals surface area (Å²) < 4.78 is 5.26. The molecule has 116 valence electrons. The van der Waals surface area contributed by atoms with Crippen molar-refractivity contribution in [2.45, 2.75) is 39.3 Å². The molecule has 1 saturated heterocycles. The van der Waals surface area contributed by atoms with Gasteiger partial charge < -0.3 is 15.8 Å². The highest BCUT2D eigenvalue weighted by molar-refractivity contribution is 5.96. The van der Waals surface area contributed by atoms with E-state index in [1.807, 2.05) is 6.92 Å². The quantitative estimate of drug-likeness (QED) is 0.836. The topological polar surface area (TPSA) is 67.6 Å². The maximum absolute atomic E-state index is 12.5. The van der Waals surface area contributed by atoms with E-state index in [4.69, 9.17) is 10.5 Å². The zero-order valence-corrected chi connectivity index (χ0v) is 13.2. The maximum Gasteiger partial charge on any atom is 0.241 e. The van der Waals surface area contributed by atoms with Crippen LogP contribution in [0.3, 0.4) is 0 Å².